The normalized spacial score (nSPS) is 14.8. The number of oxazole rings is 1. The van der Waals surface area contributed by atoms with Gasteiger partial charge in [0.1, 0.15) is 11.5 Å². The number of benzene rings is 1. The number of nitrogens with zero attached hydrogens (tertiary/aromatic N) is 2. The van der Waals surface area contributed by atoms with Gasteiger partial charge < -0.3 is 14.5 Å². The number of amides is 1. The topological polar surface area (TPSA) is 84.7 Å². The van der Waals surface area contributed by atoms with Gasteiger partial charge in [0.2, 0.25) is 11.8 Å². The van der Waals surface area contributed by atoms with Crippen LogP contribution in [0.2, 0.25) is 0 Å². The maximum absolute atomic E-state index is 12.3. The van der Waals surface area contributed by atoms with Crippen molar-refractivity contribution >= 4 is 11.7 Å². The second-order valence-electron chi connectivity index (χ2n) is 7.03. The van der Waals surface area contributed by atoms with Gasteiger partial charge in [0.25, 0.3) is 0 Å². The Hall–Kier alpha value is -2.51. The summed E-state index contributed by atoms with van der Waals surface area (Å²) in [7, 11) is 0. The van der Waals surface area contributed by atoms with E-state index in [4.69, 9.17) is 9.15 Å². The summed E-state index contributed by atoms with van der Waals surface area (Å²) < 4.78 is 11.0. The van der Waals surface area contributed by atoms with Crippen molar-refractivity contribution in [2.75, 3.05) is 39.4 Å². The Labute approximate surface area is 165 Å². The second-order valence-corrected chi connectivity index (χ2v) is 7.03. The average molecular weight is 385 g/mol. The number of ether oxygens (including phenoxy) is 1. The molecule has 0 spiro atoms. The number of nitrogens with one attached hydrogen (secondary N) is 1. The van der Waals surface area contributed by atoms with Crippen molar-refractivity contribution < 1.29 is 18.7 Å². The third-order valence-electron chi connectivity index (χ3n) is 4.84. The molecule has 1 saturated heterocycles. The van der Waals surface area contributed by atoms with Gasteiger partial charge in [-0.25, -0.2) is 4.98 Å². The van der Waals surface area contributed by atoms with E-state index in [9.17, 15) is 9.59 Å². The lowest BCUT2D eigenvalue weighted by Gasteiger charge is -2.26. The van der Waals surface area contributed by atoms with Crippen LogP contribution >= 0.6 is 0 Å². The molecule has 7 heteroatoms. The van der Waals surface area contributed by atoms with Crippen LogP contribution in [0, 0.1) is 13.8 Å². The van der Waals surface area contributed by atoms with Crippen molar-refractivity contribution in [3.63, 3.8) is 0 Å². The van der Waals surface area contributed by atoms with E-state index >= 15 is 0 Å². The van der Waals surface area contributed by atoms with Crippen molar-refractivity contribution in [2.24, 2.45) is 0 Å². The highest BCUT2D eigenvalue weighted by molar-refractivity contribution is 5.98. The Morgan fingerprint density at radius 1 is 1.18 bits per heavy atom. The molecule has 2 aromatic rings. The van der Waals surface area contributed by atoms with E-state index in [0.29, 0.717) is 23.9 Å². The van der Waals surface area contributed by atoms with Crippen LogP contribution in [-0.4, -0.2) is 61.0 Å². The number of morpholine rings is 1. The van der Waals surface area contributed by atoms with Gasteiger partial charge in [-0.05, 0) is 25.5 Å². The molecule has 7 nitrogen and oxygen atoms in total. The quantitative estimate of drug-likeness (QED) is 0.699. The fourth-order valence-electron chi connectivity index (χ4n) is 3.19. The minimum absolute atomic E-state index is 0.0953. The molecule has 0 unspecified atom stereocenters. The van der Waals surface area contributed by atoms with Crippen molar-refractivity contribution in [3.05, 3.63) is 41.3 Å². The monoisotopic (exact) mass is 385 g/mol. The summed E-state index contributed by atoms with van der Waals surface area (Å²) >= 11 is 0. The molecule has 1 aliphatic heterocycles. The highest BCUT2D eigenvalue weighted by atomic mass is 16.5. The highest BCUT2D eigenvalue weighted by Gasteiger charge is 2.18. The van der Waals surface area contributed by atoms with E-state index < -0.39 is 0 Å². The van der Waals surface area contributed by atoms with Crippen LogP contribution in [0.3, 0.4) is 0 Å². The first-order valence-corrected chi connectivity index (χ1v) is 9.63. The number of ketones is 1. The van der Waals surface area contributed by atoms with Crippen LogP contribution < -0.4 is 5.32 Å². The first-order valence-electron chi connectivity index (χ1n) is 9.63. The number of rotatable bonds is 8. The summed E-state index contributed by atoms with van der Waals surface area (Å²) in [5.74, 6) is 0.697. The summed E-state index contributed by atoms with van der Waals surface area (Å²) in [5.41, 5.74) is 2.55. The van der Waals surface area contributed by atoms with Crippen molar-refractivity contribution in [3.8, 4) is 11.5 Å². The van der Waals surface area contributed by atoms with Gasteiger partial charge in [0.15, 0.2) is 0 Å². The van der Waals surface area contributed by atoms with Gasteiger partial charge in [-0.2, -0.15) is 0 Å². The van der Waals surface area contributed by atoms with E-state index in [0.717, 1.165) is 44.0 Å². The third-order valence-corrected chi connectivity index (χ3v) is 4.84. The Morgan fingerprint density at radius 3 is 2.68 bits per heavy atom. The van der Waals surface area contributed by atoms with Crippen LogP contribution in [0.25, 0.3) is 11.5 Å². The number of carbonyl (C=O) groups is 2. The molecule has 28 heavy (non-hydrogen) atoms. The number of aromatic nitrogens is 1. The molecule has 1 amide bonds. The molecular formula is C21H27N3O4. The van der Waals surface area contributed by atoms with Crippen LogP contribution in [0.5, 0.6) is 0 Å². The first kappa shape index (κ1) is 20.2. The van der Waals surface area contributed by atoms with Gasteiger partial charge in [0, 0.05) is 31.7 Å². The van der Waals surface area contributed by atoms with E-state index in [1.54, 1.807) is 6.92 Å². The van der Waals surface area contributed by atoms with Crippen LogP contribution in [0.1, 0.15) is 23.4 Å². The maximum Gasteiger partial charge on any atom is 0.227 e. The lowest BCUT2D eigenvalue weighted by atomic mass is 10.1. The molecule has 1 N–H and O–H groups in total. The zero-order chi connectivity index (χ0) is 19.9. The molecule has 1 fully saturated rings. The van der Waals surface area contributed by atoms with Crippen LogP contribution in [0.4, 0.5) is 0 Å². The number of hydrogen-bond donors (Lipinski definition) is 1. The molecule has 0 bridgehead atoms. The van der Waals surface area contributed by atoms with E-state index in [2.05, 4.69) is 15.2 Å². The van der Waals surface area contributed by atoms with Crippen LogP contribution in [0.15, 0.2) is 28.7 Å². The van der Waals surface area contributed by atoms with Gasteiger partial charge in [0.05, 0.1) is 31.7 Å². The number of Topliss-reactive ketones (excluding diaryl/α,β-unsaturated/α-hetero) is 1. The first-order chi connectivity index (χ1) is 13.5. The molecule has 2 heterocycles. The standard InChI is InChI=1S/C21H27N3O4/c1-15-5-3-4-6-18(15)21-23-19(16(2)28-21)13-17(25)14-20(26)22-7-8-24-9-11-27-12-10-24/h3-6H,7-14H2,1-2H3,(H,22,26). The zero-order valence-corrected chi connectivity index (χ0v) is 16.5. The molecule has 1 aromatic heterocycles. The van der Waals surface area contributed by atoms with E-state index in [1.807, 2.05) is 31.2 Å². The maximum atomic E-state index is 12.3. The fourth-order valence-corrected chi connectivity index (χ4v) is 3.19. The number of carbonyl (C=O) groups excluding carboxylic acids is 2. The predicted octanol–water partition coefficient (Wildman–Crippen LogP) is 1.91. The Morgan fingerprint density at radius 2 is 1.93 bits per heavy atom. The molecule has 0 saturated carbocycles. The largest absolute Gasteiger partial charge is 0.441 e. The molecule has 0 aliphatic carbocycles. The van der Waals surface area contributed by atoms with Gasteiger partial charge in [-0.3, -0.25) is 14.5 Å². The van der Waals surface area contributed by atoms with Gasteiger partial charge in [-0.1, -0.05) is 18.2 Å². The Bertz CT molecular complexity index is 825. The lowest BCUT2D eigenvalue weighted by molar-refractivity contribution is -0.127. The second kappa shape index (κ2) is 9.61. The minimum Gasteiger partial charge on any atom is -0.441 e. The number of hydrogen-bond acceptors (Lipinski definition) is 6. The smallest absolute Gasteiger partial charge is 0.227 e. The third kappa shape index (κ3) is 5.50. The van der Waals surface area contributed by atoms with Gasteiger partial charge in [-0.15, -0.1) is 0 Å². The van der Waals surface area contributed by atoms with Gasteiger partial charge >= 0.3 is 0 Å². The predicted molar refractivity (Wildman–Crippen MR) is 105 cm³/mol. The van der Waals surface area contributed by atoms with E-state index in [1.165, 1.54) is 0 Å². The van der Waals surface area contributed by atoms with E-state index in [-0.39, 0.29) is 24.5 Å². The molecule has 1 aliphatic rings. The average Bonchev–Trinajstić information content (AvgIpc) is 3.03. The van der Waals surface area contributed by atoms with Crippen LogP contribution in [-0.2, 0) is 20.7 Å². The van der Waals surface area contributed by atoms with Crippen molar-refractivity contribution in [2.45, 2.75) is 26.7 Å². The fraction of sp³-hybridized carbons (Fsp3) is 0.476. The molecule has 1 aromatic carbocycles. The zero-order valence-electron chi connectivity index (χ0n) is 16.5. The summed E-state index contributed by atoms with van der Waals surface area (Å²) in [6, 6.07) is 7.81. The Kier molecular flexibility index (Phi) is 6.95. The summed E-state index contributed by atoms with van der Waals surface area (Å²) in [4.78, 5) is 31.0. The van der Waals surface area contributed by atoms with Crippen molar-refractivity contribution in [1.29, 1.82) is 0 Å². The molecule has 0 radical (unpaired) electrons. The molecule has 3 rings (SSSR count). The number of aryl methyl sites for hydroxylation is 2. The highest BCUT2D eigenvalue weighted by Crippen LogP contribution is 2.25. The minimum atomic E-state index is -0.251. The SMILES string of the molecule is Cc1ccccc1-c1nc(CC(=O)CC(=O)NCCN2CCOCC2)c(C)o1. The Balaban J connectivity index is 1.48. The van der Waals surface area contributed by atoms with Crippen molar-refractivity contribution in [1.82, 2.24) is 15.2 Å². The summed E-state index contributed by atoms with van der Waals surface area (Å²) in [5, 5.41) is 2.81. The lowest BCUT2D eigenvalue weighted by Crippen LogP contribution is -2.41. The summed E-state index contributed by atoms with van der Waals surface area (Å²) in [6.45, 7) is 8.30. The summed E-state index contributed by atoms with van der Waals surface area (Å²) in [6.07, 6.45) is -0.0484. The molecule has 0 atom stereocenters. The molecule has 150 valence electrons. The molecular weight excluding hydrogens is 358 g/mol.